The first-order valence-electron chi connectivity index (χ1n) is 5.05. The number of rotatable bonds is 2. The third-order valence-electron chi connectivity index (χ3n) is 2.43. The van der Waals surface area contributed by atoms with E-state index in [4.69, 9.17) is 4.74 Å². The lowest BCUT2D eigenvalue weighted by Gasteiger charge is -2.11. The van der Waals surface area contributed by atoms with Crippen molar-refractivity contribution >= 4 is 11.6 Å². The molecule has 1 N–H and O–H groups in total. The van der Waals surface area contributed by atoms with Gasteiger partial charge < -0.3 is 10.1 Å². The maximum Gasteiger partial charge on any atom is 0.253 e. The summed E-state index contributed by atoms with van der Waals surface area (Å²) in [7, 11) is 0. The zero-order valence-electron chi connectivity index (χ0n) is 8.50. The molecule has 1 amide bonds. The zero-order valence-corrected chi connectivity index (χ0v) is 8.50. The molecule has 0 spiro atoms. The fourth-order valence-corrected chi connectivity index (χ4v) is 1.61. The lowest BCUT2D eigenvalue weighted by Crippen LogP contribution is -2.27. The first-order valence-corrected chi connectivity index (χ1v) is 5.05. The second kappa shape index (κ2) is 4.57. The molecule has 1 saturated heterocycles. The molecule has 0 aliphatic carbocycles. The number of carbonyl (C=O) groups excluding carboxylic acids is 1. The number of benzene rings is 1. The standard InChI is InChI=1S/C11H11F2NO2/c12-7-3-1-4-8(13)10(7)14-11(15)9-5-2-6-16-9/h1,3-4,9H,2,5-6H2,(H,14,15). The van der Waals surface area contributed by atoms with Gasteiger partial charge in [0.25, 0.3) is 5.91 Å². The molecule has 1 unspecified atom stereocenters. The van der Waals surface area contributed by atoms with Crippen LogP contribution in [0.1, 0.15) is 12.8 Å². The molecule has 1 fully saturated rings. The summed E-state index contributed by atoms with van der Waals surface area (Å²) in [5.41, 5.74) is -0.414. The van der Waals surface area contributed by atoms with Gasteiger partial charge >= 0.3 is 0 Å². The van der Waals surface area contributed by atoms with Crippen LogP contribution in [-0.4, -0.2) is 18.6 Å². The quantitative estimate of drug-likeness (QED) is 0.840. The van der Waals surface area contributed by atoms with Crippen molar-refractivity contribution in [2.24, 2.45) is 0 Å². The van der Waals surface area contributed by atoms with E-state index in [1.807, 2.05) is 0 Å². The zero-order chi connectivity index (χ0) is 11.5. The Morgan fingerprint density at radius 2 is 2.06 bits per heavy atom. The summed E-state index contributed by atoms with van der Waals surface area (Å²) in [5, 5.41) is 2.21. The minimum atomic E-state index is -0.786. The highest BCUT2D eigenvalue weighted by molar-refractivity contribution is 5.94. The topological polar surface area (TPSA) is 38.3 Å². The summed E-state index contributed by atoms with van der Waals surface area (Å²) in [6.07, 6.45) is 0.777. The van der Waals surface area contributed by atoms with Crippen LogP contribution in [-0.2, 0) is 9.53 Å². The fraction of sp³-hybridized carbons (Fsp3) is 0.364. The minimum Gasteiger partial charge on any atom is -0.368 e. The number of amides is 1. The van der Waals surface area contributed by atoms with Gasteiger partial charge in [0.05, 0.1) is 0 Å². The summed E-state index contributed by atoms with van der Waals surface area (Å²) < 4.78 is 31.5. The molecule has 1 aliphatic heterocycles. The van der Waals surface area contributed by atoms with Gasteiger partial charge in [-0.2, -0.15) is 0 Å². The van der Waals surface area contributed by atoms with E-state index in [0.717, 1.165) is 18.6 Å². The van der Waals surface area contributed by atoms with Crippen LogP contribution in [0, 0.1) is 11.6 Å². The Kier molecular flexibility index (Phi) is 3.14. The Morgan fingerprint density at radius 3 is 2.62 bits per heavy atom. The number of ether oxygens (including phenoxy) is 1. The van der Waals surface area contributed by atoms with Crippen molar-refractivity contribution in [2.45, 2.75) is 18.9 Å². The molecule has 86 valence electrons. The highest BCUT2D eigenvalue weighted by atomic mass is 19.1. The molecule has 1 aromatic rings. The van der Waals surface area contributed by atoms with Crippen molar-refractivity contribution in [2.75, 3.05) is 11.9 Å². The van der Waals surface area contributed by atoms with Crippen LogP contribution < -0.4 is 5.32 Å². The van der Waals surface area contributed by atoms with Crippen molar-refractivity contribution < 1.29 is 18.3 Å². The van der Waals surface area contributed by atoms with E-state index in [1.165, 1.54) is 6.07 Å². The van der Waals surface area contributed by atoms with Crippen molar-refractivity contribution in [3.05, 3.63) is 29.8 Å². The van der Waals surface area contributed by atoms with Crippen LogP contribution in [0.4, 0.5) is 14.5 Å². The SMILES string of the molecule is O=C(Nc1c(F)cccc1F)C1CCCO1. The highest BCUT2D eigenvalue weighted by Crippen LogP contribution is 2.20. The largest absolute Gasteiger partial charge is 0.368 e. The third kappa shape index (κ3) is 2.19. The number of hydrogen-bond donors (Lipinski definition) is 1. The molecular formula is C11H11F2NO2. The predicted octanol–water partition coefficient (Wildman–Crippen LogP) is 2.08. The number of carbonyl (C=O) groups is 1. The van der Waals surface area contributed by atoms with Crippen LogP contribution >= 0.6 is 0 Å². The van der Waals surface area contributed by atoms with Crippen LogP contribution in [0.25, 0.3) is 0 Å². The van der Waals surface area contributed by atoms with E-state index >= 15 is 0 Å². The predicted molar refractivity (Wildman–Crippen MR) is 54.0 cm³/mol. The Bertz CT molecular complexity index is 383. The van der Waals surface area contributed by atoms with Gasteiger partial charge in [0.1, 0.15) is 23.4 Å². The first kappa shape index (κ1) is 11.0. The molecule has 0 radical (unpaired) electrons. The lowest BCUT2D eigenvalue weighted by molar-refractivity contribution is -0.124. The van der Waals surface area contributed by atoms with Gasteiger partial charge in [0, 0.05) is 6.61 Å². The summed E-state index contributed by atoms with van der Waals surface area (Å²) in [4.78, 5) is 11.5. The van der Waals surface area contributed by atoms with Gasteiger partial charge in [-0.1, -0.05) is 6.07 Å². The van der Waals surface area contributed by atoms with Gasteiger partial charge in [0.15, 0.2) is 0 Å². The van der Waals surface area contributed by atoms with Gasteiger partial charge in [0.2, 0.25) is 0 Å². The Hall–Kier alpha value is -1.49. The highest BCUT2D eigenvalue weighted by Gasteiger charge is 2.25. The van der Waals surface area contributed by atoms with Gasteiger partial charge in [-0.25, -0.2) is 8.78 Å². The average molecular weight is 227 g/mol. The summed E-state index contributed by atoms with van der Waals surface area (Å²) >= 11 is 0. The van der Waals surface area contributed by atoms with E-state index in [9.17, 15) is 13.6 Å². The maximum atomic E-state index is 13.2. The summed E-state index contributed by atoms with van der Waals surface area (Å²) in [5.74, 6) is -2.07. The molecule has 1 heterocycles. The second-order valence-electron chi connectivity index (χ2n) is 3.59. The number of halogens is 2. The molecular weight excluding hydrogens is 216 g/mol. The first-order chi connectivity index (χ1) is 7.68. The average Bonchev–Trinajstić information content (AvgIpc) is 2.76. The van der Waals surface area contributed by atoms with Gasteiger partial charge in [-0.3, -0.25) is 4.79 Å². The molecule has 16 heavy (non-hydrogen) atoms. The van der Waals surface area contributed by atoms with Crippen LogP contribution in [0.3, 0.4) is 0 Å². The number of para-hydroxylation sites is 1. The molecule has 0 aromatic heterocycles. The third-order valence-corrected chi connectivity index (χ3v) is 2.43. The van der Waals surface area contributed by atoms with Crippen molar-refractivity contribution in [3.8, 4) is 0 Å². The molecule has 0 saturated carbocycles. The Labute approximate surface area is 91.4 Å². The van der Waals surface area contributed by atoms with E-state index in [2.05, 4.69) is 5.32 Å². The van der Waals surface area contributed by atoms with Gasteiger partial charge in [-0.05, 0) is 25.0 Å². The number of anilines is 1. The van der Waals surface area contributed by atoms with Crippen molar-refractivity contribution in [1.82, 2.24) is 0 Å². The van der Waals surface area contributed by atoms with E-state index in [0.29, 0.717) is 13.0 Å². The smallest absolute Gasteiger partial charge is 0.253 e. The molecule has 1 aliphatic rings. The van der Waals surface area contributed by atoms with Crippen molar-refractivity contribution in [1.29, 1.82) is 0 Å². The summed E-state index contributed by atoms with van der Waals surface area (Å²) in [6.45, 7) is 0.512. The van der Waals surface area contributed by atoms with Crippen molar-refractivity contribution in [3.63, 3.8) is 0 Å². The molecule has 1 atom stereocenters. The fourth-order valence-electron chi connectivity index (χ4n) is 1.61. The normalized spacial score (nSPS) is 19.8. The minimum absolute atomic E-state index is 0.414. The molecule has 3 nitrogen and oxygen atoms in total. The summed E-state index contributed by atoms with van der Waals surface area (Å²) in [6, 6.07) is 3.43. The van der Waals surface area contributed by atoms with Crippen LogP contribution in [0.15, 0.2) is 18.2 Å². The number of hydrogen-bond acceptors (Lipinski definition) is 2. The Morgan fingerprint density at radius 1 is 1.38 bits per heavy atom. The van der Waals surface area contributed by atoms with Crippen LogP contribution in [0.2, 0.25) is 0 Å². The maximum absolute atomic E-state index is 13.2. The second-order valence-corrected chi connectivity index (χ2v) is 3.59. The number of nitrogens with one attached hydrogen (secondary N) is 1. The lowest BCUT2D eigenvalue weighted by atomic mass is 10.2. The molecule has 1 aromatic carbocycles. The van der Waals surface area contributed by atoms with Crippen LogP contribution in [0.5, 0.6) is 0 Å². The Balaban J connectivity index is 2.11. The van der Waals surface area contributed by atoms with E-state index in [1.54, 1.807) is 0 Å². The van der Waals surface area contributed by atoms with E-state index < -0.39 is 29.3 Å². The van der Waals surface area contributed by atoms with E-state index in [-0.39, 0.29) is 0 Å². The molecule has 2 rings (SSSR count). The monoisotopic (exact) mass is 227 g/mol. The molecule has 0 bridgehead atoms. The van der Waals surface area contributed by atoms with Gasteiger partial charge in [-0.15, -0.1) is 0 Å². The molecule has 5 heteroatoms.